The molecule has 0 aromatic heterocycles. The zero-order valence-corrected chi connectivity index (χ0v) is 8.91. The SMILES string of the molecule is COCCOP(=O)(Br)Br. The average molecular weight is 282 g/mol. The van der Waals surface area contributed by atoms with Crippen molar-refractivity contribution in [3.05, 3.63) is 0 Å². The van der Waals surface area contributed by atoms with Gasteiger partial charge in [-0.15, -0.1) is 0 Å². The lowest BCUT2D eigenvalue weighted by Crippen LogP contribution is -1.96. The van der Waals surface area contributed by atoms with E-state index < -0.39 is 4.77 Å². The quantitative estimate of drug-likeness (QED) is 0.587. The second kappa shape index (κ2) is 4.85. The summed E-state index contributed by atoms with van der Waals surface area (Å²) in [5.74, 6) is 0. The van der Waals surface area contributed by atoms with E-state index in [0.29, 0.717) is 13.2 Å². The lowest BCUT2D eigenvalue weighted by molar-refractivity contribution is 0.152. The number of rotatable bonds is 4. The van der Waals surface area contributed by atoms with Gasteiger partial charge >= 0.3 is 4.77 Å². The molecule has 0 spiro atoms. The van der Waals surface area contributed by atoms with Crippen LogP contribution in [0.5, 0.6) is 0 Å². The predicted octanol–water partition coefficient (Wildman–Crippen LogP) is 2.55. The van der Waals surface area contributed by atoms with Crippen molar-refractivity contribution in [2.75, 3.05) is 20.3 Å². The van der Waals surface area contributed by atoms with E-state index >= 15 is 0 Å². The Morgan fingerprint density at radius 2 is 2.00 bits per heavy atom. The van der Waals surface area contributed by atoms with Crippen molar-refractivity contribution in [2.24, 2.45) is 0 Å². The number of ether oxygens (including phenoxy) is 1. The van der Waals surface area contributed by atoms with Crippen molar-refractivity contribution in [1.29, 1.82) is 0 Å². The normalized spacial score (nSPS) is 11.9. The molecule has 0 saturated carbocycles. The first kappa shape index (κ1) is 10.1. The molecule has 0 unspecified atom stereocenters. The van der Waals surface area contributed by atoms with Gasteiger partial charge in [-0.2, -0.15) is 0 Å². The smallest absolute Gasteiger partial charge is 0.328 e. The molecule has 0 atom stereocenters. The summed E-state index contributed by atoms with van der Waals surface area (Å²) >= 11 is 5.61. The summed E-state index contributed by atoms with van der Waals surface area (Å²) in [6, 6.07) is 0. The third kappa shape index (κ3) is 9.11. The van der Waals surface area contributed by atoms with Crippen LogP contribution in [0.3, 0.4) is 0 Å². The summed E-state index contributed by atoms with van der Waals surface area (Å²) in [6.07, 6.45) is 0. The van der Waals surface area contributed by atoms with Crippen molar-refractivity contribution in [1.82, 2.24) is 0 Å². The molecule has 0 fully saturated rings. The molecule has 0 aromatic carbocycles. The maximum atomic E-state index is 10.6. The standard InChI is InChI=1S/C3H7Br2O3P/c1-7-2-3-8-9(4,5)6/h2-3H2,1H3. The summed E-state index contributed by atoms with van der Waals surface area (Å²) in [5.41, 5.74) is 0. The second-order valence-electron chi connectivity index (χ2n) is 1.24. The van der Waals surface area contributed by atoms with E-state index in [1.165, 1.54) is 0 Å². The zero-order chi connectivity index (χ0) is 7.33. The Hall–Kier alpha value is 1.11. The maximum absolute atomic E-state index is 10.6. The maximum Gasteiger partial charge on any atom is 0.328 e. The molecule has 0 aromatic rings. The Kier molecular flexibility index (Phi) is 5.45. The highest BCUT2D eigenvalue weighted by molar-refractivity contribution is 9.70. The topological polar surface area (TPSA) is 35.5 Å². The van der Waals surface area contributed by atoms with Crippen molar-refractivity contribution < 1.29 is 13.8 Å². The Labute approximate surface area is 70.0 Å². The van der Waals surface area contributed by atoms with E-state index in [1.54, 1.807) is 7.11 Å². The largest absolute Gasteiger partial charge is 0.382 e. The molecule has 0 radical (unpaired) electrons. The minimum absolute atomic E-state index is 0.324. The molecule has 0 bridgehead atoms. The first-order valence-electron chi connectivity index (χ1n) is 2.19. The van der Waals surface area contributed by atoms with Gasteiger partial charge in [0.05, 0.1) is 13.2 Å². The molecule has 6 heteroatoms. The predicted molar refractivity (Wildman–Crippen MR) is 43.3 cm³/mol. The van der Waals surface area contributed by atoms with E-state index in [2.05, 4.69) is 35.7 Å². The highest BCUT2D eigenvalue weighted by Gasteiger charge is 2.10. The van der Waals surface area contributed by atoms with Gasteiger partial charge in [0, 0.05) is 38.1 Å². The Bertz CT molecular complexity index is 112. The van der Waals surface area contributed by atoms with E-state index in [1.807, 2.05) is 0 Å². The number of hydrogen-bond donors (Lipinski definition) is 0. The van der Waals surface area contributed by atoms with E-state index in [4.69, 9.17) is 4.52 Å². The third-order valence-electron chi connectivity index (χ3n) is 0.529. The molecule has 0 amide bonds. The molecule has 3 nitrogen and oxygen atoms in total. The van der Waals surface area contributed by atoms with Crippen molar-refractivity contribution >= 4 is 35.8 Å². The molecular weight excluding hydrogens is 275 g/mol. The van der Waals surface area contributed by atoms with Crippen LogP contribution >= 0.6 is 35.8 Å². The van der Waals surface area contributed by atoms with Gasteiger partial charge in [0.2, 0.25) is 0 Å². The molecule has 0 rings (SSSR count). The first-order valence-corrected chi connectivity index (χ1v) is 7.85. The first-order chi connectivity index (χ1) is 4.06. The highest BCUT2D eigenvalue weighted by atomic mass is 79.9. The fraction of sp³-hybridized carbons (Fsp3) is 1.00. The van der Waals surface area contributed by atoms with Gasteiger partial charge in [0.25, 0.3) is 0 Å². The van der Waals surface area contributed by atoms with Crippen LogP contribution < -0.4 is 0 Å². The van der Waals surface area contributed by atoms with Crippen molar-refractivity contribution in [2.45, 2.75) is 0 Å². The van der Waals surface area contributed by atoms with E-state index in [-0.39, 0.29) is 0 Å². The number of methoxy groups -OCH3 is 1. The molecule has 0 saturated heterocycles. The van der Waals surface area contributed by atoms with Gasteiger partial charge in [-0.3, -0.25) is 4.57 Å². The molecule has 0 heterocycles. The van der Waals surface area contributed by atoms with Crippen LogP contribution in [0, 0.1) is 0 Å². The van der Waals surface area contributed by atoms with Gasteiger partial charge in [-0.1, -0.05) is 0 Å². The Morgan fingerprint density at radius 3 is 2.33 bits per heavy atom. The van der Waals surface area contributed by atoms with Gasteiger partial charge in [0.15, 0.2) is 0 Å². The van der Waals surface area contributed by atoms with Gasteiger partial charge < -0.3 is 9.26 Å². The molecule has 9 heavy (non-hydrogen) atoms. The van der Waals surface area contributed by atoms with Crippen LogP contribution in [0.25, 0.3) is 0 Å². The lowest BCUT2D eigenvalue weighted by atomic mass is 10.8. The average Bonchev–Trinajstić information content (AvgIpc) is 1.63. The third-order valence-corrected chi connectivity index (χ3v) is 2.24. The van der Waals surface area contributed by atoms with Gasteiger partial charge in [0.1, 0.15) is 0 Å². The molecular formula is C3H7Br2O3P. The van der Waals surface area contributed by atoms with Crippen LogP contribution in [-0.2, 0) is 13.8 Å². The van der Waals surface area contributed by atoms with E-state index in [9.17, 15) is 4.57 Å². The number of hydrogen-bond acceptors (Lipinski definition) is 3. The van der Waals surface area contributed by atoms with Crippen LogP contribution in [0.1, 0.15) is 0 Å². The molecule has 56 valence electrons. The summed E-state index contributed by atoms with van der Waals surface area (Å²) in [5, 5.41) is 0. The van der Waals surface area contributed by atoms with Crippen LogP contribution in [-0.4, -0.2) is 20.3 Å². The Balaban J connectivity index is 3.18. The fourth-order valence-corrected chi connectivity index (χ4v) is 1.38. The van der Waals surface area contributed by atoms with Crippen LogP contribution in [0.2, 0.25) is 0 Å². The minimum Gasteiger partial charge on any atom is -0.382 e. The summed E-state index contributed by atoms with van der Waals surface area (Å²) in [4.78, 5) is 0. The molecule has 0 aliphatic heterocycles. The summed E-state index contributed by atoms with van der Waals surface area (Å²) < 4.78 is 17.4. The van der Waals surface area contributed by atoms with Crippen molar-refractivity contribution in [3.63, 3.8) is 0 Å². The Morgan fingerprint density at radius 1 is 1.44 bits per heavy atom. The molecule has 0 N–H and O–H groups in total. The molecule has 0 aliphatic carbocycles. The summed E-state index contributed by atoms with van der Waals surface area (Å²) in [6.45, 7) is 0.769. The lowest BCUT2D eigenvalue weighted by Gasteiger charge is -2.02. The highest BCUT2D eigenvalue weighted by Crippen LogP contribution is 2.62. The van der Waals surface area contributed by atoms with Gasteiger partial charge in [-0.05, 0) is 0 Å². The fourth-order valence-electron chi connectivity index (χ4n) is 0.227. The zero-order valence-electron chi connectivity index (χ0n) is 4.84. The minimum atomic E-state index is -2.65. The van der Waals surface area contributed by atoms with Gasteiger partial charge in [-0.25, -0.2) is 0 Å². The van der Waals surface area contributed by atoms with E-state index in [0.717, 1.165) is 0 Å². The molecule has 0 aliphatic rings. The van der Waals surface area contributed by atoms with Crippen LogP contribution in [0.15, 0.2) is 0 Å². The van der Waals surface area contributed by atoms with Crippen LogP contribution in [0.4, 0.5) is 0 Å². The second-order valence-corrected chi connectivity index (χ2v) is 10.8. The number of halogens is 2. The van der Waals surface area contributed by atoms with Crippen molar-refractivity contribution in [3.8, 4) is 0 Å². The summed E-state index contributed by atoms with van der Waals surface area (Å²) in [7, 11) is 1.55. The monoisotopic (exact) mass is 280 g/mol.